The van der Waals surface area contributed by atoms with Gasteiger partial charge in [0, 0.05) is 0 Å². The normalized spacial score (nSPS) is 17.4. The zero-order chi connectivity index (χ0) is 19.4. The summed E-state index contributed by atoms with van der Waals surface area (Å²) in [5, 5.41) is 5.64. The van der Waals surface area contributed by atoms with Crippen molar-refractivity contribution in [2.24, 2.45) is 11.0 Å². The van der Waals surface area contributed by atoms with Gasteiger partial charge in [-0.2, -0.15) is 5.10 Å². The van der Waals surface area contributed by atoms with Crippen molar-refractivity contribution in [3.05, 3.63) is 60.2 Å². The van der Waals surface area contributed by atoms with Crippen LogP contribution in [0.5, 0.6) is 11.5 Å². The van der Waals surface area contributed by atoms with E-state index in [1.165, 1.54) is 5.01 Å². The van der Waals surface area contributed by atoms with Crippen LogP contribution in [0.2, 0.25) is 0 Å². The summed E-state index contributed by atoms with van der Waals surface area (Å²) in [4.78, 5) is 25.5. The van der Waals surface area contributed by atoms with Crippen LogP contribution < -0.4 is 9.47 Å². The van der Waals surface area contributed by atoms with Gasteiger partial charge >= 0.3 is 0 Å². The van der Waals surface area contributed by atoms with Crippen LogP contribution in [0.3, 0.4) is 0 Å². The third kappa shape index (κ3) is 4.16. The molecule has 0 spiro atoms. The second-order valence-corrected chi connectivity index (χ2v) is 6.39. The predicted molar refractivity (Wildman–Crippen MR) is 102 cm³/mol. The summed E-state index contributed by atoms with van der Waals surface area (Å²) in [5.74, 6) is -0.272. The first kappa shape index (κ1) is 18.6. The van der Waals surface area contributed by atoms with E-state index in [-0.39, 0.29) is 11.7 Å². The average Bonchev–Trinajstić information content (AvgIpc) is 2.95. The van der Waals surface area contributed by atoms with Crippen molar-refractivity contribution in [3.8, 4) is 11.5 Å². The van der Waals surface area contributed by atoms with Crippen molar-refractivity contribution in [3.63, 3.8) is 0 Å². The largest absolute Gasteiger partial charge is 0.497 e. The minimum absolute atomic E-state index is 0.298. The van der Waals surface area contributed by atoms with E-state index in [0.29, 0.717) is 23.8 Å². The number of methoxy groups -OCH3 is 1. The molecule has 3 rings (SSSR count). The number of hydrogen-bond donors (Lipinski definition) is 0. The van der Waals surface area contributed by atoms with Gasteiger partial charge in [0.15, 0.2) is 11.9 Å². The molecule has 0 unspecified atom stereocenters. The van der Waals surface area contributed by atoms with Gasteiger partial charge in [-0.15, -0.1) is 0 Å². The predicted octanol–water partition coefficient (Wildman–Crippen LogP) is 3.07. The summed E-state index contributed by atoms with van der Waals surface area (Å²) < 4.78 is 10.8. The number of amides is 1. The average molecular weight is 366 g/mol. The molecule has 1 aliphatic heterocycles. The second kappa shape index (κ2) is 8.03. The van der Waals surface area contributed by atoms with Crippen molar-refractivity contribution in [1.29, 1.82) is 0 Å². The Bertz CT molecular complexity index is 846. The van der Waals surface area contributed by atoms with Crippen molar-refractivity contribution in [2.45, 2.75) is 26.5 Å². The first-order valence-electron chi connectivity index (χ1n) is 8.74. The van der Waals surface area contributed by atoms with Crippen LogP contribution >= 0.6 is 0 Å². The Morgan fingerprint density at radius 2 is 1.74 bits per heavy atom. The molecule has 2 atom stereocenters. The number of ketones is 1. The maximum Gasteiger partial charge on any atom is 0.259 e. The van der Waals surface area contributed by atoms with Gasteiger partial charge in [0.1, 0.15) is 17.4 Å². The van der Waals surface area contributed by atoms with Crippen LogP contribution in [-0.2, 0) is 16.1 Å². The lowest BCUT2D eigenvalue weighted by molar-refractivity contribution is -0.139. The smallest absolute Gasteiger partial charge is 0.259 e. The fourth-order valence-electron chi connectivity index (χ4n) is 2.97. The summed E-state index contributed by atoms with van der Waals surface area (Å²) >= 11 is 0. The molecule has 27 heavy (non-hydrogen) atoms. The molecule has 0 radical (unpaired) electrons. The molecule has 140 valence electrons. The monoisotopic (exact) mass is 366 g/mol. The lowest BCUT2D eigenvalue weighted by Crippen LogP contribution is -2.39. The molecule has 6 heteroatoms. The Morgan fingerprint density at radius 1 is 1.11 bits per heavy atom. The van der Waals surface area contributed by atoms with Crippen molar-refractivity contribution < 1.29 is 19.1 Å². The SMILES string of the molecule is COc1ccc(O[C@@H](C)C(=O)[C@H]2C(=O)N(Cc3ccccc3)N=C2C)cc1. The first-order chi connectivity index (χ1) is 13.0. The lowest BCUT2D eigenvalue weighted by Gasteiger charge is -2.18. The third-order valence-electron chi connectivity index (χ3n) is 4.43. The van der Waals surface area contributed by atoms with Gasteiger partial charge < -0.3 is 9.47 Å². The summed E-state index contributed by atoms with van der Waals surface area (Å²) in [5.41, 5.74) is 1.45. The highest BCUT2D eigenvalue weighted by molar-refractivity contribution is 6.23. The fourth-order valence-corrected chi connectivity index (χ4v) is 2.97. The highest BCUT2D eigenvalue weighted by Gasteiger charge is 2.41. The Kier molecular flexibility index (Phi) is 5.54. The van der Waals surface area contributed by atoms with E-state index in [0.717, 1.165) is 5.56 Å². The Labute approximate surface area is 158 Å². The number of nitrogens with zero attached hydrogens (tertiary/aromatic N) is 2. The summed E-state index contributed by atoms with van der Waals surface area (Å²) in [6.45, 7) is 3.69. The molecule has 0 saturated carbocycles. The van der Waals surface area contributed by atoms with Gasteiger partial charge in [-0.3, -0.25) is 9.59 Å². The Morgan fingerprint density at radius 3 is 2.37 bits per heavy atom. The lowest BCUT2D eigenvalue weighted by atomic mass is 9.95. The van der Waals surface area contributed by atoms with E-state index in [1.54, 1.807) is 45.2 Å². The van der Waals surface area contributed by atoms with Crippen LogP contribution in [0, 0.1) is 5.92 Å². The maximum atomic E-state index is 12.8. The van der Waals surface area contributed by atoms with Crippen LogP contribution in [0.1, 0.15) is 19.4 Å². The highest BCUT2D eigenvalue weighted by Crippen LogP contribution is 2.23. The van der Waals surface area contributed by atoms with Crippen molar-refractivity contribution in [2.75, 3.05) is 7.11 Å². The molecule has 0 aliphatic carbocycles. The number of benzene rings is 2. The van der Waals surface area contributed by atoms with E-state index in [9.17, 15) is 9.59 Å². The van der Waals surface area contributed by atoms with Crippen molar-refractivity contribution >= 4 is 17.4 Å². The molecule has 1 heterocycles. The minimum Gasteiger partial charge on any atom is -0.497 e. The summed E-state index contributed by atoms with van der Waals surface area (Å²) in [6, 6.07) is 16.5. The molecule has 0 fully saturated rings. The summed E-state index contributed by atoms with van der Waals surface area (Å²) in [7, 11) is 1.58. The number of carbonyl (C=O) groups is 2. The third-order valence-corrected chi connectivity index (χ3v) is 4.43. The number of ether oxygens (including phenoxy) is 2. The number of rotatable bonds is 7. The number of Topliss-reactive ketones (excluding diaryl/α,β-unsaturated/α-hetero) is 1. The molecule has 1 aliphatic rings. The number of hydrazone groups is 1. The molecular formula is C21H22N2O4. The van der Waals surface area contributed by atoms with E-state index in [4.69, 9.17) is 9.47 Å². The van der Waals surface area contributed by atoms with E-state index >= 15 is 0 Å². The molecule has 0 bridgehead atoms. The van der Waals surface area contributed by atoms with E-state index in [1.807, 2.05) is 30.3 Å². The standard InChI is InChI=1S/C21H22N2O4/c1-14-19(21(25)23(22-14)13-16-7-5-4-6-8-16)20(24)15(2)27-18-11-9-17(26-3)10-12-18/h4-12,15,19H,13H2,1-3H3/t15-,19-/m0/s1. The Balaban J connectivity index is 1.66. The molecule has 0 N–H and O–H groups in total. The van der Waals surface area contributed by atoms with E-state index < -0.39 is 12.0 Å². The number of carbonyl (C=O) groups excluding carboxylic acids is 2. The van der Waals surface area contributed by atoms with Gasteiger partial charge in [-0.25, -0.2) is 5.01 Å². The van der Waals surface area contributed by atoms with Gasteiger partial charge in [0.2, 0.25) is 0 Å². The molecule has 2 aromatic carbocycles. The van der Waals surface area contributed by atoms with Gasteiger partial charge in [0.05, 0.1) is 19.4 Å². The Hall–Kier alpha value is -3.15. The first-order valence-corrected chi connectivity index (χ1v) is 8.74. The topological polar surface area (TPSA) is 68.2 Å². The summed E-state index contributed by atoms with van der Waals surface area (Å²) in [6.07, 6.45) is -0.769. The van der Waals surface area contributed by atoms with Gasteiger partial charge in [0.25, 0.3) is 5.91 Å². The molecule has 0 saturated heterocycles. The molecule has 1 amide bonds. The molecule has 6 nitrogen and oxygen atoms in total. The van der Waals surface area contributed by atoms with Gasteiger partial charge in [-0.05, 0) is 43.7 Å². The molecule has 0 aromatic heterocycles. The van der Waals surface area contributed by atoms with Crippen LogP contribution in [0.15, 0.2) is 59.7 Å². The minimum atomic E-state index is -0.901. The van der Waals surface area contributed by atoms with Crippen LogP contribution in [-0.4, -0.2) is 35.6 Å². The maximum absolute atomic E-state index is 12.8. The quantitative estimate of drug-likeness (QED) is 0.706. The second-order valence-electron chi connectivity index (χ2n) is 6.39. The number of hydrogen-bond acceptors (Lipinski definition) is 5. The van der Waals surface area contributed by atoms with Crippen LogP contribution in [0.4, 0.5) is 0 Å². The van der Waals surface area contributed by atoms with Crippen LogP contribution in [0.25, 0.3) is 0 Å². The zero-order valence-corrected chi connectivity index (χ0v) is 15.6. The molecular weight excluding hydrogens is 344 g/mol. The molecule has 2 aromatic rings. The van der Waals surface area contributed by atoms with Gasteiger partial charge in [-0.1, -0.05) is 30.3 Å². The highest BCUT2D eigenvalue weighted by atomic mass is 16.5. The van der Waals surface area contributed by atoms with E-state index in [2.05, 4.69) is 5.10 Å². The fraction of sp³-hybridized carbons (Fsp3) is 0.286. The zero-order valence-electron chi connectivity index (χ0n) is 15.6. The van der Waals surface area contributed by atoms with Crippen molar-refractivity contribution in [1.82, 2.24) is 5.01 Å².